The van der Waals surface area contributed by atoms with Crippen molar-refractivity contribution >= 4 is 11.6 Å². The molecule has 0 spiro atoms. The van der Waals surface area contributed by atoms with Gasteiger partial charge in [0.15, 0.2) is 11.5 Å². The molecule has 1 saturated heterocycles. The number of amides is 1. The van der Waals surface area contributed by atoms with Gasteiger partial charge in [-0.2, -0.15) is 4.98 Å². The summed E-state index contributed by atoms with van der Waals surface area (Å²) in [5, 5.41) is 4.11. The molecular weight excluding hydrogens is 346 g/mol. The van der Waals surface area contributed by atoms with Crippen LogP contribution in [-0.2, 0) is 4.79 Å². The Kier molecular flexibility index (Phi) is 3.60. The van der Waals surface area contributed by atoms with Crippen LogP contribution in [-0.4, -0.2) is 29.4 Å². The van der Waals surface area contributed by atoms with Crippen molar-refractivity contribution in [2.45, 2.75) is 19.3 Å². The zero-order valence-corrected chi connectivity index (χ0v) is 14.7. The molecule has 7 heteroatoms. The number of anilines is 1. The van der Waals surface area contributed by atoms with Crippen molar-refractivity contribution in [1.82, 2.24) is 10.1 Å². The number of aryl methyl sites for hydroxylation is 1. The fraction of sp³-hybridized carbons (Fsp3) is 0.250. The summed E-state index contributed by atoms with van der Waals surface area (Å²) in [7, 11) is 0. The van der Waals surface area contributed by atoms with Crippen LogP contribution in [0.3, 0.4) is 0 Å². The molecule has 0 saturated carbocycles. The minimum Gasteiger partial charge on any atom is -0.454 e. The lowest BCUT2D eigenvalue weighted by Crippen LogP contribution is -2.24. The zero-order chi connectivity index (χ0) is 18.4. The van der Waals surface area contributed by atoms with Crippen LogP contribution in [0.25, 0.3) is 11.4 Å². The van der Waals surface area contributed by atoms with Crippen LogP contribution < -0.4 is 14.4 Å². The summed E-state index contributed by atoms with van der Waals surface area (Å²) < 4.78 is 16.2. The maximum Gasteiger partial charge on any atom is 0.232 e. The molecule has 0 bridgehead atoms. The van der Waals surface area contributed by atoms with Crippen LogP contribution in [0.5, 0.6) is 11.5 Å². The van der Waals surface area contributed by atoms with Crippen LogP contribution in [0.4, 0.5) is 5.69 Å². The predicted octanol–water partition coefficient (Wildman–Crippen LogP) is 3.29. The van der Waals surface area contributed by atoms with E-state index in [9.17, 15) is 4.79 Å². The Labute approximate surface area is 155 Å². The summed E-state index contributed by atoms with van der Waals surface area (Å²) in [6, 6.07) is 13.4. The van der Waals surface area contributed by atoms with E-state index in [0.29, 0.717) is 36.2 Å². The number of carbonyl (C=O) groups excluding carboxylic acids is 1. The van der Waals surface area contributed by atoms with Crippen molar-refractivity contribution in [2.75, 3.05) is 18.2 Å². The molecule has 0 radical (unpaired) electrons. The highest BCUT2D eigenvalue weighted by molar-refractivity contribution is 5.96. The topological polar surface area (TPSA) is 77.7 Å². The number of nitrogens with zero attached hydrogens (tertiary/aromatic N) is 3. The third-order valence-corrected chi connectivity index (χ3v) is 4.97. The van der Waals surface area contributed by atoms with Gasteiger partial charge in [-0.05, 0) is 24.6 Å². The molecule has 0 unspecified atom stereocenters. The lowest BCUT2D eigenvalue weighted by atomic mass is 10.1. The first kappa shape index (κ1) is 15.9. The highest BCUT2D eigenvalue weighted by Gasteiger charge is 2.35. The van der Waals surface area contributed by atoms with E-state index in [1.807, 2.05) is 49.4 Å². The Morgan fingerprint density at radius 2 is 1.96 bits per heavy atom. The monoisotopic (exact) mass is 363 g/mol. The van der Waals surface area contributed by atoms with Gasteiger partial charge in [-0.25, -0.2) is 0 Å². The lowest BCUT2D eigenvalue weighted by Gasteiger charge is -2.16. The summed E-state index contributed by atoms with van der Waals surface area (Å²) in [6.45, 7) is 2.71. The van der Waals surface area contributed by atoms with Gasteiger partial charge < -0.3 is 18.9 Å². The van der Waals surface area contributed by atoms with Crippen LogP contribution in [0.2, 0.25) is 0 Å². The zero-order valence-electron chi connectivity index (χ0n) is 14.7. The Balaban J connectivity index is 1.39. The average molecular weight is 363 g/mol. The van der Waals surface area contributed by atoms with Crippen molar-refractivity contribution in [1.29, 1.82) is 0 Å². The van der Waals surface area contributed by atoms with Crippen LogP contribution >= 0.6 is 0 Å². The van der Waals surface area contributed by atoms with Crippen LogP contribution in [0.1, 0.15) is 23.8 Å². The minimum absolute atomic E-state index is 0.0227. The highest BCUT2D eigenvalue weighted by atomic mass is 16.7. The molecule has 136 valence electrons. The van der Waals surface area contributed by atoms with E-state index in [4.69, 9.17) is 14.0 Å². The van der Waals surface area contributed by atoms with Gasteiger partial charge in [-0.15, -0.1) is 0 Å². The number of fused-ring (bicyclic) bond motifs is 1. The normalized spacial score (nSPS) is 18.3. The minimum atomic E-state index is -0.131. The lowest BCUT2D eigenvalue weighted by molar-refractivity contribution is -0.117. The van der Waals surface area contributed by atoms with E-state index < -0.39 is 0 Å². The van der Waals surface area contributed by atoms with E-state index in [1.165, 1.54) is 0 Å². The summed E-state index contributed by atoms with van der Waals surface area (Å²) >= 11 is 0. The highest BCUT2D eigenvalue weighted by Crippen LogP contribution is 2.38. The Morgan fingerprint density at radius 3 is 2.85 bits per heavy atom. The number of hydrogen-bond acceptors (Lipinski definition) is 6. The molecule has 3 aromatic rings. The van der Waals surface area contributed by atoms with E-state index in [1.54, 1.807) is 4.90 Å². The Morgan fingerprint density at radius 1 is 1.11 bits per heavy atom. The summed E-state index contributed by atoms with van der Waals surface area (Å²) in [5.41, 5.74) is 2.80. The van der Waals surface area contributed by atoms with E-state index >= 15 is 0 Å². The van der Waals surface area contributed by atoms with Gasteiger partial charge in [0.2, 0.25) is 24.4 Å². The van der Waals surface area contributed by atoms with Crippen LogP contribution in [0, 0.1) is 6.92 Å². The summed E-state index contributed by atoms with van der Waals surface area (Å²) in [6.07, 6.45) is 0.337. The van der Waals surface area contributed by atoms with Crippen molar-refractivity contribution < 1.29 is 18.8 Å². The molecule has 1 atom stereocenters. The average Bonchev–Trinajstić information content (AvgIpc) is 3.40. The second-order valence-corrected chi connectivity index (χ2v) is 6.71. The molecule has 1 fully saturated rings. The number of hydrogen-bond donors (Lipinski definition) is 0. The second kappa shape index (κ2) is 6.12. The van der Waals surface area contributed by atoms with E-state index in [2.05, 4.69) is 10.1 Å². The van der Waals surface area contributed by atoms with Crippen molar-refractivity contribution in [3.63, 3.8) is 0 Å². The molecule has 0 N–H and O–H groups in total. The smallest absolute Gasteiger partial charge is 0.232 e. The fourth-order valence-electron chi connectivity index (χ4n) is 3.51. The van der Waals surface area contributed by atoms with E-state index in [-0.39, 0.29) is 18.6 Å². The third kappa shape index (κ3) is 2.71. The van der Waals surface area contributed by atoms with Gasteiger partial charge in [-0.1, -0.05) is 29.4 Å². The Bertz CT molecular complexity index is 1030. The first-order valence-corrected chi connectivity index (χ1v) is 8.78. The maximum absolute atomic E-state index is 12.6. The molecule has 1 aromatic heterocycles. The van der Waals surface area contributed by atoms with Gasteiger partial charge in [0.25, 0.3) is 0 Å². The number of carbonyl (C=O) groups is 1. The summed E-state index contributed by atoms with van der Waals surface area (Å²) in [4.78, 5) is 18.8. The Hall–Kier alpha value is -3.35. The maximum atomic E-state index is 12.6. The van der Waals surface area contributed by atoms with Gasteiger partial charge in [0.05, 0.1) is 5.92 Å². The number of aromatic nitrogens is 2. The largest absolute Gasteiger partial charge is 0.454 e. The molecule has 3 heterocycles. The second-order valence-electron chi connectivity index (χ2n) is 6.71. The molecule has 27 heavy (non-hydrogen) atoms. The van der Waals surface area contributed by atoms with Crippen LogP contribution in [0.15, 0.2) is 47.0 Å². The third-order valence-electron chi connectivity index (χ3n) is 4.97. The predicted molar refractivity (Wildman–Crippen MR) is 96.7 cm³/mol. The van der Waals surface area contributed by atoms with Crippen molar-refractivity contribution in [3.8, 4) is 22.9 Å². The molecule has 0 aliphatic carbocycles. The number of benzene rings is 2. The molecule has 7 nitrogen and oxygen atoms in total. The molecule has 2 aromatic carbocycles. The van der Waals surface area contributed by atoms with Gasteiger partial charge in [-0.3, -0.25) is 4.79 Å². The molecule has 1 amide bonds. The fourth-order valence-corrected chi connectivity index (χ4v) is 3.51. The molecule has 2 aliphatic rings. The van der Waals surface area contributed by atoms with Gasteiger partial charge >= 0.3 is 0 Å². The number of ether oxygens (including phenoxy) is 2. The van der Waals surface area contributed by atoms with Gasteiger partial charge in [0, 0.05) is 30.3 Å². The molecule has 2 aliphatic heterocycles. The first-order chi connectivity index (χ1) is 13.2. The molecule has 5 rings (SSSR count). The standard InChI is InChI=1S/C20H17N3O4/c1-12-4-2-3-5-15(12)19-21-20(27-22-19)13-8-18(24)23(10-13)14-6-7-16-17(9-14)26-11-25-16/h2-7,9,13H,8,10-11H2,1H3/t13-/m0/s1. The SMILES string of the molecule is Cc1ccccc1-c1noc([C@H]2CC(=O)N(c3ccc4c(c3)OCO4)C2)n1. The van der Waals surface area contributed by atoms with Crippen molar-refractivity contribution in [2.24, 2.45) is 0 Å². The van der Waals surface area contributed by atoms with Gasteiger partial charge in [0.1, 0.15) is 0 Å². The quantitative estimate of drug-likeness (QED) is 0.711. The van der Waals surface area contributed by atoms with Crippen molar-refractivity contribution in [3.05, 3.63) is 53.9 Å². The molecular formula is C20H17N3O4. The van der Waals surface area contributed by atoms with E-state index in [0.717, 1.165) is 16.8 Å². The summed E-state index contributed by atoms with van der Waals surface area (Å²) in [5.74, 6) is 2.29. The first-order valence-electron chi connectivity index (χ1n) is 8.78. The number of rotatable bonds is 3.